The normalized spacial score (nSPS) is 14.5. The highest BCUT2D eigenvalue weighted by Crippen LogP contribution is 2.38. The van der Waals surface area contributed by atoms with Crippen molar-refractivity contribution in [1.82, 2.24) is 0 Å². The summed E-state index contributed by atoms with van der Waals surface area (Å²) in [4.78, 5) is 37.4. The summed E-state index contributed by atoms with van der Waals surface area (Å²) < 4.78 is 33.8. The molecule has 62 heavy (non-hydrogen) atoms. The number of likely N-dealkylation sites (N-methyl/N-ethyl adjacent to an activating group) is 1. The lowest BCUT2D eigenvalue weighted by Crippen LogP contribution is -2.37. The molecule has 0 heterocycles. The molecule has 9 nitrogen and oxygen atoms in total. The fraction of sp³-hybridized carbons (Fsp3) is 0.615. The molecule has 0 saturated carbocycles. The molecule has 352 valence electrons. The number of hydrogen-bond acceptors (Lipinski definition) is 8. The van der Waals surface area contributed by atoms with Crippen molar-refractivity contribution in [2.75, 3.05) is 47.5 Å². The molecule has 0 saturated heterocycles. The van der Waals surface area contributed by atoms with Gasteiger partial charge in [0.15, 0.2) is 6.10 Å². The van der Waals surface area contributed by atoms with Gasteiger partial charge in [-0.05, 0) is 77.0 Å². The number of carbonyl (C=O) groups excluding carboxylic acids is 2. The number of phosphoric ester groups is 1. The fourth-order valence-electron chi connectivity index (χ4n) is 5.65. The Morgan fingerprint density at radius 2 is 0.919 bits per heavy atom. The maximum Gasteiger partial charge on any atom is 0.306 e. The van der Waals surface area contributed by atoms with Crippen LogP contribution in [-0.2, 0) is 32.7 Å². The molecule has 2 atom stereocenters. The van der Waals surface area contributed by atoms with E-state index < -0.39 is 32.5 Å². The highest BCUT2D eigenvalue weighted by atomic mass is 31.2. The molecule has 0 aromatic rings. The van der Waals surface area contributed by atoms with Gasteiger partial charge in [0, 0.05) is 12.8 Å². The average molecular weight is 884 g/mol. The Balaban J connectivity index is 4.36. The molecule has 0 spiro atoms. The van der Waals surface area contributed by atoms with Crippen LogP contribution in [0.2, 0.25) is 0 Å². The average Bonchev–Trinajstić information content (AvgIpc) is 3.23. The van der Waals surface area contributed by atoms with E-state index in [4.69, 9.17) is 18.5 Å². The fourth-order valence-corrected chi connectivity index (χ4v) is 6.38. The molecular formula is C52H86NO8P. The van der Waals surface area contributed by atoms with E-state index in [0.717, 1.165) is 83.5 Å². The molecule has 0 radical (unpaired) electrons. The van der Waals surface area contributed by atoms with E-state index in [2.05, 4.69) is 117 Å². The lowest BCUT2D eigenvalue weighted by molar-refractivity contribution is -0.870. The third-order valence-corrected chi connectivity index (χ3v) is 10.3. The molecule has 0 aliphatic rings. The van der Waals surface area contributed by atoms with Crippen LogP contribution >= 0.6 is 7.82 Å². The first kappa shape index (κ1) is 58.7. The van der Waals surface area contributed by atoms with Gasteiger partial charge in [-0.15, -0.1) is 0 Å². The summed E-state index contributed by atoms with van der Waals surface area (Å²) in [6.07, 6.45) is 58.6. The van der Waals surface area contributed by atoms with E-state index in [-0.39, 0.29) is 26.1 Å². The van der Waals surface area contributed by atoms with Gasteiger partial charge in [0.05, 0.1) is 27.7 Å². The molecular weight excluding hydrogens is 798 g/mol. The summed E-state index contributed by atoms with van der Waals surface area (Å²) in [7, 11) is 1.11. The van der Waals surface area contributed by atoms with Crippen molar-refractivity contribution in [3.63, 3.8) is 0 Å². The minimum Gasteiger partial charge on any atom is -0.756 e. The Bertz CT molecular complexity index is 1420. The highest BCUT2D eigenvalue weighted by molar-refractivity contribution is 7.45. The molecule has 0 rings (SSSR count). The number of allylic oxidation sites excluding steroid dienone is 18. The van der Waals surface area contributed by atoms with Gasteiger partial charge < -0.3 is 27.9 Å². The van der Waals surface area contributed by atoms with E-state index in [9.17, 15) is 19.0 Å². The number of ether oxygens (including phenoxy) is 2. The summed E-state index contributed by atoms with van der Waals surface area (Å²) in [5.74, 6) is -0.918. The molecule has 0 aromatic heterocycles. The first-order valence-electron chi connectivity index (χ1n) is 23.6. The minimum atomic E-state index is -4.64. The van der Waals surface area contributed by atoms with Crippen molar-refractivity contribution >= 4 is 19.8 Å². The number of rotatable bonds is 41. The van der Waals surface area contributed by atoms with Crippen molar-refractivity contribution in [2.45, 2.75) is 161 Å². The van der Waals surface area contributed by atoms with Crippen LogP contribution in [0.3, 0.4) is 0 Å². The van der Waals surface area contributed by atoms with Gasteiger partial charge >= 0.3 is 11.9 Å². The van der Waals surface area contributed by atoms with Crippen LogP contribution in [0.1, 0.15) is 155 Å². The molecule has 0 N–H and O–H groups in total. The van der Waals surface area contributed by atoms with E-state index in [1.54, 1.807) is 0 Å². The SMILES string of the molecule is CC/C=C\C/C=C\C/C=C\C/C=C\C/C=C\C/C=C\C/C=C\C/C=C\C/C=C\CCCC(=O)OC(COC(=O)CCCCCCCCCCC)COP(=O)([O-])OCC[N+](C)(C)C. The molecule has 2 unspecified atom stereocenters. The van der Waals surface area contributed by atoms with Gasteiger partial charge in [-0.3, -0.25) is 14.2 Å². The Morgan fingerprint density at radius 1 is 0.516 bits per heavy atom. The van der Waals surface area contributed by atoms with Gasteiger partial charge in [0.2, 0.25) is 0 Å². The number of nitrogens with zero attached hydrogens (tertiary/aromatic N) is 1. The van der Waals surface area contributed by atoms with Crippen molar-refractivity contribution in [2.24, 2.45) is 0 Å². The molecule has 0 aromatic carbocycles. The van der Waals surface area contributed by atoms with E-state index in [0.29, 0.717) is 23.9 Å². The van der Waals surface area contributed by atoms with Crippen LogP contribution in [0.4, 0.5) is 0 Å². The van der Waals surface area contributed by atoms with Crippen LogP contribution in [0, 0.1) is 0 Å². The zero-order chi connectivity index (χ0) is 45.7. The maximum atomic E-state index is 12.7. The number of unbranched alkanes of at least 4 members (excludes halogenated alkanes) is 9. The predicted molar refractivity (Wildman–Crippen MR) is 258 cm³/mol. The first-order valence-corrected chi connectivity index (χ1v) is 25.1. The van der Waals surface area contributed by atoms with E-state index in [1.165, 1.54) is 32.1 Å². The molecule has 0 amide bonds. The quantitative estimate of drug-likeness (QED) is 0.0196. The second-order valence-corrected chi connectivity index (χ2v) is 17.8. The van der Waals surface area contributed by atoms with Crippen molar-refractivity contribution in [1.29, 1.82) is 0 Å². The number of hydrogen-bond donors (Lipinski definition) is 0. The Morgan fingerprint density at radius 3 is 1.35 bits per heavy atom. The second kappa shape index (κ2) is 42.9. The number of quaternary nitrogens is 1. The van der Waals surface area contributed by atoms with Crippen LogP contribution in [0.5, 0.6) is 0 Å². The van der Waals surface area contributed by atoms with Crippen LogP contribution in [0.25, 0.3) is 0 Å². The molecule has 0 aliphatic carbocycles. The van der Waals surface area contributed by atoms with Gasteiger partial charge in [-0.2, -0.15) is 0 Å². The third kappa shape index (κ3) is 46.2. The summed E-state index contributed by atoms with van der Waals surface area (Å²) in [6.45, 7) is 3.99. The third-order valence-electron chi connectivity index (χ3n) is 9.31. The predicted octanol–water partition coefficient (Wildman–Crippen LogP) is 13.3. The summed E-state index contributed by atoms with van der Waals surface area (Å²) in [5, 5.41) is 0. The number of esters is 2. The van der Waals surface area contributed by atoms with Gasteiger partial charge in [0.1, 0.15) is 19.8 Å². The number of phosphoric acid groups is 1. The van der Waals surface area contributed by atoms with Crippen LogP contribution in [0.15, 0.2) is 109 Å². The van der Waals surface area contributed by atoms with E-state index >= 15 is 0 Å². The van der Waals surface area contributed by atoms with Gasteiger partial charge in [0.25, 0.3) is 7.82 Å². The first-order chi connectivity index (χ1) is 30.0. The number of carbonyl (C=O) groups is 2. The summed E-state index contributed by atoms with van der Waals surface area (Å²) in [6, 6.07) is 0. The maximum absolute atomic E-state index is 12.7. The highest BCUT2D eigenvalue weighted by Gasteiger charge is 2.21. The molecule has 0 fully saturated rings. The standard InChI is InChI=1S/C52H86NO8P/c1-6-8-10-12-14-16-17-18-19-20-21-22-23-24-25-26-27-28-29-30-31-32-33-34-35-37-39-41-43-45-52(55)61-50(49-60-62(56,57)59-47-46-53(3,4)5)48-58-51(54)44-42-40-38-36-15-13-11-9-7-2/h8,10,14,16,18-19,21-22,24-25,27-28,30-31,33-34,37,39,50H,6-7,9,11-13,15,17,20,23,26,29,32,35-36,38,40-49H2,1-5H3/b10-8-,16-14-,19-18-,22-21-,25-24-,28-27-,31-30-,34-33-,39-37-. The Hall–Kier alpha value is -3.33. The van der Waals surface area contributed by atoms with Crippen molar-refractivity contribution < 1.29 is 42.1 Å². The molecule has 0 bridgehead atoms. The zero-order valence-electron chi connectivity index (χ0n) is 39.5. The van der Waals surface area contributed by atoms with E-state index in [1.807, 2.05) is 27.2 Å². The monoisotopic (exact) mass is 884 g/mol. The largest absolute Gasteiger partial charge is 0.756 e. The molecule has 0 aliphatic heterocycles. The molecule has 10 heteroatoms. The van der Waals surface area contributed by atoms with Crippen LogP contribution in [-0.4, -0.2) is 70.0 Å². The van der Waals surface area contributed by atoms with Gasteiger partial charge in [-0.1, -0.05) is 175 Å². The zero-order valence-corrected chi connectivity index (χ0v) is 40.4. The van der Waals surface area contributed by atoms with Crippen LogP contribution < -0.4 is 4.89 Å². The van der Waals surface area contributed by atoms with Crippen molar-refractivity contribution in [3.8, 4) is 0 Å². The summed E-state index contributed by atoms with van der Waals surface area (Å²) in [5.41, 5.74) is 0. The smallest absolute Gasteiger partial charge is 0.306 e. The topological polar surface area (TPSA) is 111 Å². The van der Waals surface area contributed by atoms with Gasteiger partial charge in [-0.25, -0.2) is 0 Å². The minimum absolute atomic E-state index is 0.0471. The van der Waals surface area contributed by atoms with Crippen molar-refractivity contribution in [3.05, 3.63) is 109 Å². The summed E-state index contributed by atoms with van der Waals surface area (Å²) >= 11 is 0. The second-order valence-electron chi connectivity index (χ2n) is 16.4. The Kier molecular flexibility index (Phi) is 40.6. The lowest BCUT2D eigenvalue weighted by atomic mass is 10.1. The lowest BCUT2D eigenvalue weighted by Gasteiger charge is -2.28. The Labute approximate surface area is 378 Å².